The van der Waals surface area contributed by atoms with Crippen LogP contribution in [-0.4, -0.2) is 37.2 Å². The number of methoxy groups -OCH3 is 1. The molecule has 0 radical (unpaired) electrons. The molecule has 1 aliphatic carbocycles. The first-order valence-electron chi connectivity index (χ1n) is 7.90. The molecule has 0 amide bonds. The summed E-state index contributed by atoms with van der Waals surface area (Å²) < 4.78 is 5.48. The maximum absolute atomic E-state index is 6.62. The lowest BCUT2D eigenvalue weighted by Crippen LogP contribution is -2.47. The molecule has 0 bridgehead atoms. The molecule has 2 atom stereocenters. The van der Waals surface area contributed by atoms with Gasteiger partial charge in [0.1, 0.15) is 0 Å². The van der Waals surface area contributed by atoms with Crippen LogP contribution in [0.2, 0.25) is 0 Å². The number of rotatable bonds is 2. The van der Waals surface area contributed by atoms with Crippen LogP contribution in [0.25, 0.3) is 0 Å². The summed E-state index contributed by atoms with van der Waals surface area (Å²) in [5.41, 5.74) is 9.43. The zero-order valence-corrected chi connectivity index (χ0v) is 12.4. The van der Waals surface area contributed by atoms with Crippen LogP contribution in [0.3, 0.4) is 0 Å². The third kappa shape index (κ3) is 2.76. The molecule has 110 valence electrons. The van der Waals surface area contributed by atoms with Crippen LogP contribution in [0.5, 0.6) is 0 Å². The van der Waals surface area contributed by atoms with Gasteiger partial charge in [-0.3, -0.25) is 4.90 Å². The largest absolute Gasteiger partial charge is 0.381 e. The van der Waals surface area contributed by atoms with E-state index in [4.69, 9.17) is 10.5 Å². The van der Waals surface area contributed by atoms with Gasteiger partial charge in [-0.1, -0.05) is 24.3 Å². The van der Waals surface area contributed by atoms with E-state index in [0.29, 0.717) is 12.1 Å². The first kappa shape index (κ1) is 14.1. The Bertz CT molecular complexity index is 440. The Morgan fingerprint density at radius 1 is 1.15 bits per heavy atom. The van der Waals surface area contributed by atoms with Crippen molar-refractivity contribution in [1.82, 2.24) is 4.90 Å². The first-order chi connectivity index (χ1) is 9.79. The third-order valence-corrected chi connectivity index (χ3v) is 5.05. The minimum atomic E-state index is 0.160. The van der Waals surface area contributed by atoms with Crippen LogP contribution in [0, 0.1) is 0 Å². The zero-order chi connectivity index (χ0) is 13.9. The number of nitrogens with two attached hydrogens (primary N) is 1. The highest BCUT2D eigenvalue weighted by molar-refractivity contribution is 5.32. The Labute approximate surface area is 122 Å². The van der Waals surface area contributed by atoms with Gasteiger partial charge in [-0.15, -0.1) is 0 Å². The maximum atomic E-state index is 6.62. The highest BCUT2D eigenvalue weighted by Crippen LogP contribution is 2.31. The molecule has 1 aromatic carbocycles. The van der Waals surface area contributed by atoms with Gasteiger partial charge in [-0.2, -0.15) is 0 Å². The average Bonchev–Trinajstić information content (AvgIpc) is 2.67. The standard InChI is InChI=1S/C17H26N2O/c1-20-14-9-11-19(12-10-14)16-8-4-6-13-5-2-3-7-15(13)17(16)18/h2-3,5,7,14,16-17H,4,6,8-12,18H2,1H3. The molecule has 1 aliphatic heterocycles. The molecule has 3 nitrogen and oxygen atoms in total. The zero-order valence-electron chi connectivity index (χ0n) is 12.4. The van der Waals surface area contributed by atoms with Crippen molar-refractivity contribution in [1.29, 1.82) is 0 Å². The van der Waals surface area contributed by atoms with Gasteiger partial charge >= 0.3 is 0 Å². The molecule has 3 rings (SSSR count). The van der Waals surface area contributed by atoms with Crippen molar-refractivity contribution in [3.63, 3.8) is 0 Å². The molecule has 1 saturated heterocycles. The second kappa shape index (κ2) is 6.25. The number of piperidine rings is 1. The molecule has 0 spiro atoms. The Hall–Kier alpha value is -0.900. The fourth-order valence-corrected chi connectivity index (χ4v) is 3.83. The number of benzene rings is 1. The van der Waals surface area contributed by atoms with E-state index in [-0.39, 0.29) is 6.04 Å². The fourth-order valence-electron chi connectivity index (χ4n) is 3.83. The summed E-state index contributed by atoms with van der Waals surface area (Å²) >= 11 is 0. The van der Waals surface area contributed by atoms with E-state index < -0.39 is 0 Å². The van der Waals surface area contributed by atoms with Gasteiger partial charge in [0.25, 0.3) is 0 Å². The SMILES string of the molecule is COC1CCN(C2CCCc3ccccc3C2N)CC1. The molecule has 20 heavy (non-hydrogen) atoms. The Kier molecular flexibility index (Phi) is 4.39. The van der Waals surface area contributed by atoms with Gasteiger partial charge in [0.05, 0.1) is 6.10 Å². The summed E-state index contributed by atoms with van der Waals surface area (Å²) in [7, 11) is 1.83. The highest BCUT2D eigenvalue weighted by atomic mass is 16.5. The summed E-state index contributed by atoms with van der Waals surface area (Å²) in [4.78, 5) is 2.60. The number of hydrogen-bond donors (Lipinski definition) is 1. The van der Waals surface area contributed by atoms with Gasteiger partial charge in [0, 0.05) is 32.3 Å². The van der Waals surface area contributed by atoms with E-state index in [1.165, 1.54) is 30.4 Å². The van der Waals surface area contributed by atoms with Crippen LogP contribution >= 0.6 is 0 Å². The quantitative estimate of drug-likeness (QED) is 0.842. The number of ether oxygens (including phenoxy) is 1. The van der Waals surface area contributed by atoms with Gasteiger partial charge in [0.15, 0.2) is 0 Å². The number of likely N-dealkylation sites (tertiary alicyclic amines) is 1. The Balaban J connectivity index is 1.74. The molecular formula is C17H26N2O. The predicted octanol–water partition coefficient (Wildman–Crippen LogP) is 2.50. The van der Waals surface area contributed by atoms with E-state index >= 15 is 0 Å². The second-order valence-corrected chi connectivity index (χ2v) is 6.16. The topological polar surface area (TPSA) is 38.5 Å². The lowest BCUT2D eigenvalue weighted by Gasteiger charge is -2.39. The summed E-state index contributed by atoms with van der Waals surface area (Å²) in [6.45, 7) is 2.25. The van der Waals surface area contributed by atoms with Crippen molar-refractivity contribution >= 4 is 0 Å². The van der Waals surface area contributed by atoms with Crippen LogP contribution in [0.15, 0.2) is 24.3 Å². The van der Waals surface area contributed by atoms with Gasteiger partial charge in [-0.25, -0.2) is 0 Å². The monoisotopic (exact) mass is 274 g/mol. The Morgan fingerprint density at radius 2 is 1.90 bits per heavy atom. The summed E-state index contributed by atoms with van der Waals surface area (Å²) in [5.74, 6) is 0. The highest BCUT2D eigenvalue weighted by Gasteiger charge is 2.31. The van der Waals surface area contributed by atoms with Crippen LogP contribution in [-0.2, 0) is 11.2 Å². The van der Waals surface area contributed by atoms with Gasteiger partial charge in [0.2, 0.25) is 0 Å². The molecule has 3 heteroatoms. The average molecular weight is 274 g/mol. The second-order valence-electron chi connectivity index (χ2n) is 6.16. The smallest absolute Gasteiger partial charge is 0.0595 e. The number of hydrogen-bond acceptors (Lipinski definition) is 3. The van der Waals surface area contributed by atoms with E-state index in [1.54, 1.807) is 0 Å². The maximum Gasteiger partial charge on any atom is 0.0595 e. The molecule has 2 unspecified atom stereocenters. The van der Waals surface area contributed by atoms with Crippen molar-refractivity contribution in [2.45, 2.75) is 50.3 Å². The van der Waals surface area contributed by atoms with Crippen molar-refractivity contribution < 1.29 is 4.74 Å². The minimum absolute atomic E-state index is 0.160. The lowest BCUT2D eigenvalue weighted by molar-refractivity contribution is 0.0214. The normalized spacial score (nSPS) is 28.9. The molecule has 1 heterocycles. The lowest BCUT2D eigenvalue weighted by atomic mass is 9.94. The Morgan fingerprint density at radius 3 is 2.65 bits per heavy atom. The fraction of sp³-hybridized carbons (Fsp3) is 0.647. The molecule has 0 saturated carbocycles. The summed E-state index contributed by atoms with van der Waals surface area (Å²) in [6.07, 6.45) is 6.37. The van der Waals surface area contributed by atoms with E-state index in [1.807, 2.05) is 7.11 Å². The third-order valence-electron chi connectivity index (χ3n) is 5.05. The number of aryl methyl sites for hydroxylation is 1. The molecule has 0 aromatic heterocycles. The van der Waals surface area contributed by atoms with Crippen molar-refractivity contribution in [2.24, 2.45) is 5.73 Å². The van der Waals surface area contributed by atoms with E-state index in [9.17, 15) is 0 Å². The van der Waals surface area contributed by atoms with Gasteiger partial charge < -0.3 is 10.5 Å². The van der Waals surface area contributed by atoms with Crippen molar-refractivity contribution in [3.05, 3.63) is 35.4 Å². The number of fused-ring (bicyclic) bond motifs is 1. The molecule has 2 aliphatic rings. The van der Waals surface area contributed by atoms with Gasteiger partial charge in [-0.05, 0) is 43.2 Å². The minimum Gasteiger partial charge on any atom is -0.381 e. The number of nitrogens with zero attached hydrogens (tertiary/aromatic N) is 1. The summed E-state index contributed by atoms with van der Waals surface area (Å²) in [6, 6.07) is 9.38. The van der Waals surface area contributed by atoms with Crippen molar-refractivity contribution in [2.75, 3.05) is 20.2 Å². The molecule has 1 fully saturated rings. The van der Waals surface area contributed by atoms with Crippen LogP contribution < -0.4 is 5.73 Å². The van der Waals surface area contributed by atoms with E-state index in [2.05, 4.69) is 29.2 Å². The molecular weight excluding hydrogens is 248 g/mol. The van der Waals surface area contributed by atoms with Crippen LogP contribution in [0.1, 0.15) is 42.9 Å². The van der Waals surface area contributed by atoms with E-state index in [0.717, 1.165) is 25.9 Å². The molecule has 2 N–H and O–H groups in total. The molecule has 1 aromatic rings. The van der Waals surface area contributed by atoms with Crippen LogP contribution in [0.4, 0.5) is 0 Å². The van der Waals surface area contributed by atoms with Crippen molar-refractivity contribution in [3.8, 4) is 0 Å². The predicted molar refractivity (Wildman–Crippen MR) is 81.7 cm³/mol. The summed E-state index contributed by atoms with van der Waals surface area (Å²) in [5, 5.41) is 0. The first-order valence-corrected chi connectivity index (χ1v) is 7.90.